The van der Waals surface area contributed by atoms with Gasteiger partial charge in [-0.2, -0.15) is 8.42 Å². The molecule has 0 aliphatic carbocycles. The van der Waals surface area contributed by atoms with Crippen LogP contribution in [0.4, 0.5) is 0 Å². The monoisotopic (exact) mass is 216 g/mol. The molecule has 0 spiro atoms. The lowest BCUT2D eigenvalue weighted by molar-refractivity contribution is 0.298. The van der Waals surface area contributed by atoms with E-state index >= 15 is 0 Å². The van der Waals surface area contributed by atoms with Crippen LogP contribution in [-0.2, 0) is 16.5 Å². The van der Waals surface area contributed by atoms with Crippen LogP contribution in [0.5, 0.6) is 0 Å². The van der Waals surface area contributed by atoms with Crippen LogP contribution in [0.1, 0.15) is 11.1 Å². The molecule has 0 amide bonds. The van der Waals surface area contributed by atoms with Crippen molar-refractivity contribution in [1.82, 2.24) is 0 Å². The largest absolute Gasteiger partial charge is 0.396 e. The van der Waals surface area contributed by atoms with Crippen molar-refractivity contribution < 1.29 is 18.1 Å². The molecular formula is C9H12O4S. The zero-order valence-electron chi connectivity index (χ0n) is 7.77. The van der Waals surface area contributed by atoms with Crippen molar-refractivity contribution in [2.45, 2.75) is 18.2 Å². The zero-order valence-corrected chi connectivity index (χ0v) is 8.58. The van der Waals surface area contributed by atoms with E-state index in [-0.39, 0.29) is 17.9 Å². The summed E-state index contributed by atoms with van der Waals surface area (Å²) in [7, 11) is -4.20. The van der Waals surface area contributed by atoms with E-state index in [0.29, 0.717) is 11.1 Å². The van der Waals surface area contributed by atoms with Crippen molar-refractivity contribution in [3.8, 4) is 0 Å². The normalized spacial score (nSPS) is 11.6. The van der Waals surface area contributed by atoms with Crippen molar-refractivity contribution in [3.05, 3.63) is 29.3 Å². The van der Waals surface area contributed by atoms with Gasteiger partial charge < -0.3 is 5.11 Å². The standard InChI is InChI=1S/C9H12O4S/c1-7-3-2-4-8(5-6-10)9(7)14(11,12)13/h2-4,10H,5-6H2,1H3,(H,11,12,13). The highest BCUT2D eigenvalue weighted by atomic mass is 32.2. The van der Waals surface area contributed by atoms with Gasteiger partial charge in [0, 0.05) is 6.61 Å². The lowest BCUT2D eigenvalue weighted by Gasteiger charge is -2.08. The third-order valence-electron chi connectivity index (χ3n) is 1.93. The predicted octanol–water partition coefficient (Wildman–Crippen LogP) is 0.777. The van der Waals surface area contributed by atoms with Crippen molar-refractivity contribution in [3.63, 3.8) is 0 Å². The SMILES string of the molecule is Cc1cccc(CCO)c1S(=O)(=O)O. The maximum absolute atomic E-state index is 11.0. The Bertz CT molecular complexity index is 422. The van der Waals surface area contributed by atoms with Gasteiger partial charge in [0.25, 0.3) is 10.1 Å². The minimum absolute atomic E-state index is 0.0888. The second kappa shape index (κ2) is 4.08. The highest BCUT2D eigenvalue weighted by Gasteiger charge is 2.17. The van der Waals surface area contributed by atoms with Crippen LogP contribution in [0.15, 0.2) is 23.1 Å². The van der Waals surface area contributed by atoms with Gasteiger partial charge >= 0.3 is 0 Å². The summed E-state index contributed by atoms with van der Waals surface area (Å²) in [6.45, 7) is 1.45. The summed E-state index contributed by atoms with van der Waals surface area (Å²) in [6.07, 6.45) is 0.219. The number of aliphatic hydroxyl groups is 1. The first-order valence-electron chi connectivity index (χ1n) is 4.13. The lowest BCUT2D eigenvalue weighted by atomic mass is 10.1. The number of hydrogen-bond acceptors (Lipinski definition) is 3. The Kier molecular flexibility index (Phi) is 3.25. The van der Waals surface area contributed by atoms with Gasteiger partial charge in [0.2, 0.25) is 0 Å². The van der Waals surface area contributed by atoms with Gasteiger partial charge in [0.05, 0.1) is 0 Å². The molecule has 1 aromatic rings. The van der Waals surface area contributed by atoms with E-state index in [1.165, 1.54) is 0 Å². The van der Waals surface area contributed by atoms with E-state index in [1.807, 2.05) is 0 Å². The Hall–Kier alpha value is -0.910. The molecule has 2 N–H and O–H groups in total. The molecule has 0 aromatic heterocycles. The quantitative estimate of drug-likeness (QED) is 0.732. The fourth-order valence-corrected chi connectivity index (χ4v) is 2.38. The number of rotatable bonds is 3. The molecule has 78 valence electrons. The molecule has 0 heterocycles. The van der Waals surface area contributed by atoms with Gasteiger partial charge in [-0.05, 0) is 24.5 Å². The fourth-order valence-electron chi connectivity index (χ4n) is 1.40. The minimum Gasteiger partial charge on any atom is -0.396 e. The van der Waals surface area contributed by atoms with E-state index in [9.17, 15) is 8.42 Å². The summed E-state index contributed by atoms with van der Waals surface area (Å²) in [6, 6.07) is 4.87. The van der Waals surface area contributed by atoms with Gasteiger partial charge in [-0.25, -0.2) is 0 Å². The maximum Gasteiger partial charge on any atom is 0.295 e. The zero-order chi connectivity index (χ0) is 10.8. The molecule has 0 unspecified atom stereocenters. The molecule has 0 atom stereocenters. The van der Waals surface area contributed by atoms with E-state index in [0.717, 1.165) is 0 Å². The van der Waals surface area contributed by atoms with Gasteiger partial charge in [0.1, 0.15) is 4.90 Å². The number of aliphatic hydroxyl groups excluding tert-OH is 1. The molecule has 0 saturated carbocycles. The van der Waals surface area contributed by atoms with Crippen molar-refractivity contribution in [1.29, 1.82) is 0 Å². The van der Waals surface area contributed by atoms with Crippen molar-refractivity contribution in [2.24, 2.45) is 0 Å². The topological polar surface area (TPSA) is 74.6 Å². The molecule has 5 heteroatoms. The van der Waals surface area contributed by atoms with Crippen LogP contribution in [0.3, 0.4) is 0 Å². The molecule has 0 saturated heterocycles. The van der Waals surface area contributed by atoms with Gasteiger partial charge in [-0.15, -0.1) is 0 Å². The van der Waals surface area contributed by atoms with E-state index < -0.39 is 10.1 Å². The lowest BCUT2D eigenvalue weighted by Crippen LogP contribution is -2.06. The first-order valence-corrected chi connectivity index (χ1v) is 5.57. The number of hydrogen-bond donors (Lipinski definition) is 2. The first-order chi connectivity index (χ1) is 6.46. The molecule has 4 nitrogen and oxygen atoms in total. The molecule has 1 aromatic carbocycles. The second-order valence-electron chi connectivity index (χ2n) is 3.01. The molecule has 0 aliphatic heterocycles. The predicted molar refractivity (Wildman–Crippen MR) is 51.8 cm³/mol. The average molecular weight is 216 g/mol. The van der Waals surface area contributed by atoms with Gasteiger partial charge in [-0.3, -0.25) is 4.55 Å². The Labute approximate surface area is 82.9 Å². The molecule has 0 fully saturated rings. The van der Waals surface area contributed by atoms with E-state index in [4.69, 9.17) is 9.66 Å². The van der Waals surface area contributed by atoms with Gasteiger partial charge in [0.15, 0.2) is 0 Å². The number of benzene rings is 1. The third-order valence-corrected chi connectivity index (χ3v) is 3.03. The van der Waals surface area contributed by atoms with Crippen LogP contribution in [-0.4, -0.2) is 24.7 Å². The third kappa shape index (κ3) is 2.31. The summed E-state index contributed by atoms with van der Waals surface area (Å²) in [4.78, 5) is -0.0888. The Balaban J connectivity index is 3.37. The fraction of sp³-hybridized carbons (Fsp3) is 0.333. The summed E-state index contributed by atoms with van der Waals surface area (Å²) >= 11 is 0. The molecule has 1 rings (SSSR count). The highest BCUT2D eigenvalue weighted by Crippen LogP contribution is 2.20. The molecule has 0 bridgehead atoms. The molecular weight excluding hydrogens is 204 g/mol. The Morgan fingerprint density at radius 2 is 2.00 bits per heavy atom. The maximum atomic E-state index is 11.0. The highest BCUT2D eigenvalue weighted by molar-refractivity contribution is 7.86. The van der Waals surface area contributed by atoms with Crippen LogP contribution < -0.4 is 0 Å². The van der Waals surface area contributed by atoms with E-state index in [1.54, 1.807) is 25.1 Å². The summed E-state index contributed by atoms with van der Waals surface area (Å²) < 4.78 is 31.0. The van der Waals surface area contributed by atoms with Crippen LogP contribution >= 0.6 is 0 Å². The van der Waals surface area contributed by atoms with Gasteiger partial charge in [-0.1, -0.05) is 18.2 Å². The molecule has 0 aliphatic rings. The van der Waals surface area contributed by atoms with Crippen LogP contribution in [0, 0.1) is 6.92 Å². The van der Waals surface area contributed by atoms with Crippen molar-refractivity contribution >= 4 is 10.1 Å². The Morgan fingerprint density at radius 1 is 1.36 bits per heavy atom. The summed E-state index contributed by atoms with van der Waals surface area (Å²) in [5.74, 6) is 0. The van der Waals surface area contributed by atoms with E-state index in [2.05, 4.69) is 0 Å². The molecule has 0 radical (unpaired) electrons. The number of aryl methyl sites for hydroxylation is 1. The summed E-state index contributed by atoms with van der Waals surface area (Å²) in [5.41, 5.74) is 0.924. The average Bonchev–Trinajstić information content (AvgIpc) is 2.02. The van der Waals surface area contributed by atoms with Crippen LogP contribution in [0.25, 0.3) is 0 Å². The molecule has 14 heavy (non-hydrogen) atoms. The minimum atomic E-state index is -4.20. The first kappa shape index (κ1) is 11.2. The van der Waals surface area contributed by atoms with Crippen molar-refractivity contribution in [2.75, 3.05) is 6.61 Å². The second-order valence-corrected chi connectivity index (χ2v) is 4.37. The van der Waals surface area contributed by atoms with Crippen LogP contribution in [0.2, 0.25) is 0 Å². The smallest absolute Gasteiger partial charge is 0.295 e. The Morgan fingerprint density at radius 3 is 2.50 bits per heavy atom. The summed E-state index contributed by atoms with van der Waals surface area (Å²) in [5, 5.41) is 8.72.